The molecule has 4 rings (SSSR count). The molecular formula is C22H25N3O3. The summed E-state index contributed by atoms with van der Waals surface area (Å²) in [6, 6.07) is 8.86. The minimum absolute atomic E-state index is 0.0395. The van der Waals surface area contributed by atoms with E-state index >= 15 is 0 Å². The second-order valence-corrected chi connectivity index (χ2v) is 7.34. The van der Waals surface area contributed by atoms with Gasteiger partial charge in [0, 0.05) is 18.1 Å². The topological polar surface area (TPSA) is 71.5 Å². The van der Waals surface area contributed by atoms with Crippen LogP contribution in [-0.2, 0) is 6.54 Å². The van der Waals surface area contributed by atoms with Gasteiger partial charge in [-0.15, -0.1) is 0 Å². The smallest absolute Gasteiger partial charge is 0.260 e. The molecule has 0 bridgehead atoms. The van der Waals surface area contributed by atoms with Crippen LogP contribution in [-0.4, -0.2) is 32.6 Å². The van der Waals surface area contributed by atoms with E-state index in [2.05, 4.69) is 9.88 Å². The van der Waals surface area contributed by atoms with Crippen LogP contribution in [0.1, 0.15) is 47.9 Å². The van der Waals surface area contributed by atoms with E-state index in [1.54, 1.807) is 29.3 Å². The van der Waals surface area contributed by atoms with E-state index in [9.17, 15) is 9.90 Å². The van der Waals surface area contributed by atoms with Crippen LogP contribution in [0.25, 0.3) is 0 Å². The van der Waals surface area contributed by atoms with E-state index in [4.69, 9.17) is 4.42 Å². The average molecular weight is 379 g/mol. The number of hydrogen-bond acceptors (Lipinski definition) is 5. The van der Waals surface area contributed by atoms with Crippen LogP contribution in [0, 0.1) is 6.92 Å². The van der Waals surface area contributed by atoms with E-state index < -0.39 is 0 Å². The minimum atomic E-state index is -0.315. The number of nitrogens with zero attached hydrogens (tertiary/aromatic N) is 3. The predicted octanol–water partition coefficient (Wildman–Crippen LogP) is 3.47. The Morgan fingerprint density at radius 2 is 2.04 bits per heavy atom. The normalized spacial score (nSPS) is 16.2. The van der Waals surface area contributed by atoms with Gasteiger partial charge in [0.25, 0.3) is 5.56 Å². The summed E-state index contributed by atoms with van der Waals surface area (Å²) in [5, 5.41) is 10.8. The number of rotatable bonds is 5. The molecule has 1 atom stereocenters. The first kappa shape index (κ1) is 18.5. The average Bonchev–Trinajstić information content (AvgIpc) is 3.23. The van der Waals surface area contributed by atoms with Gasteiger partial charge < -0.3 is 14.1 Å². The summed E-state index contributed by atoms with van der Waals surface area (Å²) in [5.41, 5.74) is 1.84. The second kappa shape index (κ2) is 8.02. The standard InChI is InChI=1S/C22H25N3O3/c1-16-13-19(26)20(22(27)25(16)15-18-8-6-12-28-18)21(17-7-5-9-23-14-17)24-10-3-2-4-11-24/h5-9,12-14,21,26H,2-4,10-11,15H2,1H3/t21-/m1/s1. The summed E-state index contributed by atoms with van der Waals surface area (Å²) in [4.78, 5) is 20.0. The van der Waals surface area contributed by atoms with Crippen molar-refractivity contribution in [3.8, 4) is 5.75 Å². The quantitative estimate of drug-likeness (QED) is 0.735. The molecule has 1 fully saturated rings. The van der Waals surface area contributed by atoms with Gasteiger partial charge in [-0.3, -0.25) is 14.7 Å². The lowest BCUT2D eigenvalue weighted by Crippen LogP contribution is -2.38. The highest BCUT2D eigenvalue weighted by Crippen LogP contribution is 2.34. The number of aryl methyl sites for hydroxylation is 1. The molecule has 1 aliphatic heterocycles. The number of aromatic nitrogens is 2. The Kier molecular flexibility index (Phi) is 5.30. The molecule has 146 valence electrons. The highest BCUT2D eigenvalue weighted by molar-refractivity contribution is 5.40. The van der Waals surface area contributed by atoms with Crippen LogP contribution < -0.4 is 5.56 Å². The second-order valence-electron chi connectivity index (χ2n) is 7.34. The SMILES string of the molecule is Cc1cc(O)c([C@@H](c2cccnc2)N2CCCCC2)c(=O)n1Cc1ccco1. The van der Waals surface area contributed by atoms with Crippen molar-refractivity contribution in [3.63, 3.8) is 0 Å². The molecule has 0 aliphatic carbocycles. The number of piperidine rings is 1. The Hall–Kier alpha value is -2.86. The number of likely N-dealkylation sites (tertiary alicyclic amines) is 1. The molecule has 3 aromatic rings. The molecule has 0 unspecified atom stereocenters. The maximum Gasteiger partial charge on any atom is 0.260 e. The van der Waals surface area contributed by atoms with E-state index in [0.29, 0.717) is 23.6 Å². The summed E-state index contributed by atoms with van der Waals surface area (Å²) < 4.78 is 7.10. The molecule has 6 heteroatoms. The summed E-state index contributed by atoms with van der Waals surface area (Å²) >= 11 is 0. The first-order valence-corrected chi connectivity index (χ1v) is 9.75. The number of pyridine rings is 2. The predicted molar refractivity (Wildman–Crippen MR) is 106 cm³/mol. The van der Waals surface area contributed by atoms with Gasteiger partial charge in [-0.25, -0.2) is 0 Å². The molecular weight excluding hydrogens is 354 g/mol. The lowest BCUT2D eigenvalue weighted by molar-refractivity contribution is 0.183. The van der Waals surface area contributed by atoms with Gasteiger partial charge in [0.2, 0.25) is 0 Å². The van der Waals surface area contributed by atoms with E-state index in [0.717, 1.165) is 31.5 Å². The third-order valence-electron chi connectivity index (χ3n) is 5.45. The lowest BCUT2D eigenvalue weighted by Gasteiger charge is -2.35. The molecule has 4 heterocycles. The fraction of sp³-hybridized carbons (Fsp3) is 0.364. The maximum absolute atomic E-state index is 13.5. The third kappa shape index (κ3) is 3.60. The van der Waals surface area contributed by atoms with Crippen LogP contribution in [0.3, 0.4) is 0 Å². The lowest BCUT2D eigenvalue weighted by atomic mass is 9.96. The van der Waals surface area contributed by atoms with Crippen LogP contribution in [0.4, 0.5) is 0 Å². The zero-order valence-electron chi connectivity index (χ0n) is 16.0. The van der Waals surface area contributed by atoms with E-state index in [1.807, 2.05) is 31.2 Å². The molecule has 1 N–H and O–H groups in total. The molecule has 0 spiro atoms. The monoisotopic (exact) mass is 379 g/mol. The van der Waals surface area contributed by atoms with Gasteiger partial charge >= 0.3 is 0 Å². The van der Waals surface area contributed by atoms with E-state index in [-0.39, 0.29) is 17.4 Å². The van der Waals surface area contributed by atoms with E-state index in [1.165, 1.54) is 6.42 Å². The van der Waals surface area contributed by atoms with Gasteiger partial charge in [-0.05, 0) is 62.7 Å². The Bertz CT molecular complexity index is 974. The van der Waals surface area contributed by atoms with Crippen molar-refractivity contribution in [1.82, 2.24) is 14.5 Å². The fourth-order valence-electron chi connectivity index (χ4n) is 4.05. The van der Waals surface area contributed by atoms with Crippen LogP contribution in [0.2, 0.25) is 0 Å². The van der Waals surface area contributed by atoms with Crippen LogP contribution >= 0.6 is 0 Å². The van der Waals surface area contributed by atoms with Crippen molar-refractivity contribution in [2.45, 2.75) is 38.8 Å². The first-order valence-electron chi connectivity index (χ1n) is 9.75. The van der Waals surface area contributed by atoms with Gasteiger partial charge in [0.1, 0.15) is 11.5 Å². The van der Waals surface area contributed by atoms with Crippen molar-refractivity contribution < 1.29 is 9.52 Å². The number of hydrogen-bond donors (Lipinski definition) is 1. The fourth-order valence-corrected chi connectivity index (χ4v) is 4.05. The van der Waals surface area contributed by atoms with Gasteiger partial charge in [-0.1, -0.05) is 12.5 Å². The summed E-state index contributed by atoms with van der Waals surface area (Å²) in [7, 11) is 0. The summed E-state index contributed by atoms with van der Waals surface area (Å²) in [6.45, 7) is 3.95. The van der Waals surface area contributed by atoms with Crippen molar-refractivity contribution in [2.24, 2.45) is 0 Å². The van der Waals surface area contributed by atoms with Gasteiger partial charge in [-0.2, -0.15) is 0 Å². The van der Waals surface area contributed by atoms with Crippen molar-refractivity contribution in [1.29, 1.82) is 0 Å². The minimum Gasteiger partial charge on any atom is -0.507 e. The Balaban J connectivity index is 1.84. The largest absolute Gasteiger partial charge is 0.507 e. The highest BCUT2D eigenvalue weighted by Gasteiger charge is 2.30. The van der Waals surface area contributed by atoms with Crippen molar-refractivity contribution >= 4 is 0 Å². The first-order chi connectivity index (χ1) is 13.6. The Labute approximate surface area is 164 Å². The van der Waals surface area contributed by atoms with Crippen LogP contribution in [0.15, 0.2) is 58.2 Å². The number of furan rings is 1. The molecule has 6 nitrogen and oxygen atoms in total. The Morgan fingerprint density at radius 1 is 1.21 bits per heavy atom. The molecule has 1 saturated heterocycles. The Morgan fingerprint density at radius 3 is 2.71 bits per heavy atom. The van der Waals surface area contributed by atoms with Gasteiger partial charge in [0.05, 0.1) is 24.4 Å². The van der Waals surface area contributed by atoms with Crippen molar-refractivity contribution in [3.05, 3.63) is 81.9 Å². The zero-order valence-corrected chi connectivity index (χ0v) is 16.0. The highest BCUT2D eigenvalue weighted by atomic mass is 16.3. The van der Waals surface area contributed by atoms with Gasteiger partial charge in [0.15, 0.2) is 0 Å². The number of aromatic hydroxyl groups is 1. The summed E-state index contributed by atoms with van der Waals surface area (Å²) in [6.07, 6.45) is 8.48. The molecule has 0 saturated carbocycles. The van der Waals surface area contributed by atoms with Crippen molar-refractivity contribution in [2.75, 3.05) is 13.1 Å². The molecule has 3 aromatic heterocycles. The zero-order chi connectivity index (χ0) is 19.5. The molecule has 0 aromatic carbocycles. The third-order valence-corrected chi connectivity index (χ3v) is 5.45. The van der Waals surface area contributed by atoms with Crippen LogP contribution in [0.5, 0.6) is 5.75 Å². The maximum atomic E-state index is 13.5. The molecule has 28 heavy (non-hydrogen) atoms. The molecule has 0 amide bonds. The molecule has 0 radical (unpaired) electrons. The molecule has 1 aliphatic rings. The summed E-state index contributed by atoms with van der Waals surface area (Å²) in [5.74, 6) is 0.746.